The molecule has 0 aromatic carbocycles. The van der Waals surface area contributed by atoms with Gasteiger partial charge in [-0.2, -0.15) is 0 Å². The highest BCUT2D eigenvalue weighted by atomic mass is 16.6. The van der Waals surface area contributed by atoms with Crippen molar-refractivity contribution in [2.24, 2.45) is 0 Å². The molecule has 9 atom stereocenters. The van der Waals surface area contributed by atoms with Crippen LogP contribution in [0.5, 0.6) is 0 Å². The first-order valence-corrected chi connectivity index (χ1v) is 18.7. The molecule has 0 aromatic heterocycles. The highest BCUT2D eigenvalue weighted by Gasteiger charge is 2.40. The Labute approximate surface area is 273 Å². The van der Waals surface area contributed by atoms with Gasteiger partial charge in [0, 0.05) is 12.0 Å². The smallest absolute Gasteiger partial charge is 0.334 e. The van der Waals surface area contributed by atoms with E-state index in [9.17, 15) is 25.2 Å². The van der Waals surface area contributed by atoms with Crippen LogP contribution in [0, 0.1) is 0 Å². The van der Waals surface area contributed by atoms with Gasteiger partial charge < -0.3 is 34.6 Å². The molecule has 2 saturated heterocycles. The average Bonchev–Trinajstić information content (AvgIpc) is 3.77. The summed E-state index contributed by atoms with van der Waals surface area (Å²) in [5.74, 6) is -0.286. The average molecular weight is 639 g/mol. The summed E-state index contributed by atoms with van der Waals surface area (Å²) in [6, 6.07) is 0. The summed E-state index contributed by atoms with van der Waals surface area (Å²) in [6.45, 7) is 3.98. The third-order valence-corrected chi connectivity index (χ3v) is 10.1. The Balaban J connectivity index is 1.14. The van der Waals surface area contributed by atoms with Gasteiger partial charge in [0.1, 0.15) is 6.10 Å². The van der Waals surface area contributed by atoms with Crippen molar-refractivity contribution in [1.29, 1.82) is 0 Å². The largest absolute Gasteiger partial charge is 0.455 e. The summed E-state index contributed by atoms with van der Waals surface area (Å²) in [5, 5.41) is 41.6. The van der Waals surface area contributed by atoms with Crippen LogP contribution in [0.4, 0.5) is 0 Å². The standard InChI is InChI=1S/C37H66O8/c1-3-4-16-29(38)17-13-11-15-20-32(41)34-22-24-36(45-34)35-23-21-33(44-35)31(40)19-14-10-8-6-5-7-9-12-18-30(39)26-28-25-27(2)43-37(28)42/h25,27,29-36,38-41H,3-24,26H2,1-2H3/t27-,29?,30+,31+,32-,33-,34-,35-,36-/m0/s1. The molecule has 3 heterocycles. The Bertz CT molecular complexity index is 833. The van der Waals surface area contributed by atoms with Gasteiger partial charge in [-0.3, -0.25) is 0 Å². The van der Waals surface area contributed by atoms with Crippen LogP contribution in [-0.2, 0) is 19.0 Å². The number of unbranched alkanes of at least 4 members (excludes halogenated alkanes) is 10. The fourth-order valence-electron chi connectivity index (χ4n) is 7.29. The second-order valence-corrected chi connectivity index (χ2v) is 14.2. The van der Waals surface area contributed by atoms with Crippen molar-refractivity contribution in [3.63, 3.8) is 0 Å². The van der Waals surface area contributed by atoms with Crippen LogP contribution in [0.2, 0.25) is 0 Å². The van der Waals surface area contributed by atoms with Gasteiger partial charge >= 0.3 is 5.97 Å². The van der Waals surface area contributed by atoms with Crippen molar-refractivity contribution in [2.75, 3.05) is 0 Å². The molecule has 3 aliphatic rings. The zero-order valence-electron chi connectivity index (χ0n) is 28.5. The Morgan fingerprint density at radius 3 is 1.58 bits per heavy atom. The minimum Gasteiger partial charge on any atom is -0.455 e. The lowest BCUT2D eigenvalue weighted by atomic mass is 10.00. The third-order valence-electron chi connectivity index (χ3n) is 10.1. The molecule has 2 fully saturated rings. The van der Waals surface area contributed by atoms with Crippen LogP contribution in [0.25, 0.3) is 0 Å². The van der Waals surface area contributed by atoms with E-state index in [1.165, 1.54) is 25.7 Å². The van der Waals surface area contributed by atoms with Crippen LogP contribution in [0.3, 0.4) is 0 Å². The molecule has 0 bridgehead atoms. The molecule has 45 heavy (non-hydrogen) atoms. The number of rotatable bonds is 25. The molecule has 8 nitrogen and oxygen atoms in total. The maximum atomic E-state index is 11.7. The van der Waals surface area contributed by atoms with Crippen molar-refractivity contribution in [3.8, 4) is 0 Å². The van der Waals surface area contributed by atoms with E-state index in [2.05, 4.69) is 6.92 Å². The van der Waals surface area contributed by atoms with Gasteiger partial charge in [0.15, 0.2) is 0 Å². The minimum atomic E-state index is -0.470. The second kappa shape index (κ2) is 21.8. The van der Waals surface area contributed by atoms with Gasteiger partial charge in [0.25, 0.3) is 0 Å². The van der Waals surface area contributed by atoms with E-state index in [4.69, 9.17) is 14.2 Å². The number of hydrogen-bond acceptors (Lipinski definition) is 8. The van der Waals surface area contributed by atoms with E-state index in [-0.39, 0.29) is 42.6 Å². The zero-order valence-corrected chi connectivity index (χ0v) is 28.5. The predicted molar refractivity (Wildman–Crippen MR) is 177 cm³/mol. The van der Waals surface area contributed by atoms with E-state index < -0.39 is 18.3 Å². The fraction of sp³-hybridized carbons (Fsp3) is 0.919. The number of esters is 1. The lowest BCUT2D eigenvalue weighted by Crippen LogP contribution is -2.33. The Hall–Kier alpha value is -1.03. The zero-order chi connectivity index (χ0) is 32.4. The first kappa shape index (κ1) is 38.4. The quantitative estimate of drug-likeness (QED) is 0.0634. The molecule has 0 radical (unpaired) electrons. The molecule has 0 saturated carbocycles. The molecule has 4 N–H and O–H groups in total. The van der Waals surface area contributed by atoms with Crippen LogP contribution in [0.1, 0.15) is 162 Å². The number of cyclic esters (lactones) is 1. The van der Waals surface area contributed by atoms with Gasteiger partial charge in [-0.1, -0.05) is 90.4 Å². The maximum Gasteiger partial charge on any atom is 0.334 e. The van der Waals surface area contributed by atoms with Crippen molar-refractivity contribution in [2.45, 2.75) is 216 Å². The number of hydrogen-bond donors (Lipinski definition) is 4. The lowest BCUT2D eigenvalue weighted by Gasteiger charge is -2.24. The van der Waals surface area contributed by atoms with Crippen LogP contribution in [0.15, 0.2) is 11.6 Å². The molecular weight excluding hydrogens is 572 g/mol. The van der Waals surface area contributed by atoms with Gasteiger partial charge in [0.05, 0.1) is 48.8 Å². The Morgan fingerprint density at radius 1 is 0.644 bits per heavy atom. The summed E-state index contributed by atoms with van der Waals surface area (Å²) in [4.78, 5) is 11.7. The number of carbonyl (C=O) groups excluding carboxylic acids is 1. The van der Waals surface area contributed by atoms with Gasteiger partial charge in [-0.25, -0.2) is 4.79 Å². The van der Waals surface area contributed by atoms with Crippen molar-refractivity contribution in [3.05, 3.63) is 11.6 Å². The highest BCUT2D eigenvalue weighted by Crippen LogP contribution is 2.34. The number of ether oxygens (including phenoxy) is 3. The summed E-state index contributed by atoms with van der Waals surface area (Å²) < 4.78 is 17.6. The predicted octanol–water partition coefficient (Wildman–Crippen LogP) is 6.83. The van der Waals surface area contributed by atoms with Gasteiger partial charge in [-0.15, -0.1) is 0 Å². The SMILES string of the molecule is CCCCC(O)CCCCC[C@H](O)[C@@H]1CC[C@@H]([C@@H]2CC[C@@H]([C@H](O)CCCCCCCCCC[C@@H](O)CC3=C[C@H](C)OC3=O)O2)O1. The maximum absolute atomic E-state index is 11.7. The molecule has 1 unspecified atom stereocenters. The van der Waals surface area contributed by atoms with Crippen molar-refractivity contribution in [1.82, 2.24) is 0 Å². The monoisotopic (exact) mass is 638 g/mol. The summed E-state index contributed by atoms with van der Waals surface area (Å²) in [5.41, 5.74) is 0.611. The molecule has 3 aliphatic heterocycles. The van der Waals surface area contributed by atoms with Gasteiger partial charge in [-0.05, 0) is 70.8 Å². The highest BCUT2D eigenvalue weighted by molar-refractivity contribution is 5.90. The first-order valence-electron chi connectivity index (χ1n) is 18.7. The molecule has 3 rings (SSSR count). The topological polar surface area (TPSA) is 126 Å². The molecule has 262 valence electrons. The summed E-state index contributed by atoms with van der Waals surface area (Å²) in [7, 11) is 0. The first-order chi connectivity index (χ1) is 21.8. The molecular formula is C37H66O8. The van der Waals surface area contributed by atoms with E-state index in [0.29, 0.717) is 12.0 Å². The van der Waals surface area contributed by atoms with E-state index >= 15 is 0 Å². The van der Waals surface area contributed by atoms with Crippen molar-refractivity contribution < 1.29 is 39.4 Å². The second-order valence-electron chi connectivity index (χ2n) is 14.2. The summed E-state index contributed by atoms with van der Waals surface area (Å²) in [6.07, 6.45) is 22.1. The van der Waals surface area contributed by atoms with E-state index in [1.54, 1.807) is 0 Å². The summed E-state index contributed by atoms with van der Waals surface area (Å²) >= 11 is 0. The number of aliphatic hydroxyl groups is 4. The van der Waals surface area contributed by atoms with Crippen LogP contribution in [-0.4, -0.2) is 81.3 Å². The number of carbonyl (C=O) groups is 1. The van der Waals surface area contributed by atoms with E-state index in [0.717, 1.165) is 116 Å². The molecule has 8 heteroatoms. The Morgan fingerprint density at radius 2 is 1.09 bits per heavy atom. The van der Waals surface area contributed by atoms with Crippen LogP contribution >= 0.6 is 0 Å². The molecule has 0 aliphatic carbocycles. The normalized spacial score (nSPS) is 27.8. The third kappa shape index (κ3) is 14.7. The van der Waals surface area contributed by atoms with E-state index in [1.807, 2.05) is 13.0 Å². The van der Waals surface area contributed by atoms with Gasteiger partial charge in [0.2, 0.25) is 0 Å². The van der Waals surface area contributed by atoms with Crippen LogP contribution < -0.4 is 0 Å². The lowest BCUT2D eigenvalue weighted by molar-refractivity contribution is -0.139. The Kier molecular flexibility index (Phi) is 18.6. The molecule has 0 aromatic rings. The fourth-order valence-corrected chi connectivity index (χ4v) is 7.29. The van der Waals surface area contributed by atoms with Crippen molar-refractivity contribution >= 4 is 5.97 Å². The molecule has 0 spiro atoms. The molecule has 0 amide bonds. The minimum absolute atomic E-state index is 0.0196. The number of aliphatic hydroxyl groups excluding tert-OH is 4.